The summed E-state index contributed by atoms with van der Waals surface area (Å²) in [6.45, 7) is 11.4. The summed E-state index contributed by atoms with van der Waals surface area (Å²) in [7, 11) is 0. The Morgan fingerprint density at radius 2 is 1.22 bits per heavy atom. The minimum Gasteiger partial charge on any atom is -0.129 e. The van der Waals surface area contributed by atoms with E-state index in [4.69, 9.17) is 0 Å². The number of benzene rings is 2. The smallest absolute Gasteiger partial charge is 0.0273 e. The van der Waals surface area contributed by atoms with Crippen molar-refractivity contribution in [3.05, 3.63) is 41.0 Å². The Labute approximate surface area is 153 Å². The molecular formula is C20H24S3. The van der Waals surface area contributed by atoms with Gasteiger partial charge in [0.1, 0.15) is 0 Å². The molecule has 1 heterocycles. The van der Waals surface area contributed by atoms with Gasteiger partial charge in [0, 0.05) is 24.5 Å². The van der Waals surface area contributed by atoms with E-state index >= 15 is 0 Å². The predicted molar refractivity (Wildman–Crippen MR) is 106 cm³/mol. The summed E-state index contributed by atoms with van der Waals surface area (Å²) in [5, 5.41) is 0. The molecule has 0 nitrogen and oxygen atoms in total. The summed E-state index contributed by atoms with van der Waals surface area (Å²) in [6.07, 6.45) is 2.18. The van der Waals surface area contributed by atoms with Crippen LogP contribution in [0.1, 0.15) is 56.2 Å². The summed E-state index contributed by atoms with van der Waals surface area (Å²) in [5.74, 6) is 1.15. The second kappa shape index (κ2) is 6.78. The third kappa shape index (κ3) is 3.33. The Bertz CT molecular complexity index is 745. The lowest BCUT2D eigenvalue weighted by Crippen LogP contribution is -1.99. The van der Waals surface area contributed by atoms with E-state index in [0.29, 0.717) is 11.8 Å². The lowest BCUT2D eigenvalue weighted by molar-refractivity contribution is 0.828. The first kappa shape index (κ1) is 17.3. The van der Waals surface area contributed by atoms with Crippen molar-refractivity contribution >= 4 is 35.3 Å². The van der Waals surface area contributed by atoms with Crippen LogP contribution in [0, 0.1) is 6.92 Å². The van der Waals surface area contributed by atoms with Gasteiger partial charge in [-0.05, 0) is 66.0 Å². The molecule has 0 bridgehead atoms. The molecule has 23 heavy (non-hydrogen) atoms. The van der Waals surface area contributed by atoms with Crippen LogP contribution >= 0.6 is 35.3 Å². The molecule has 1 aliphatic heterocycles. The van der Waals surface area contributed by atoms with Crippen LogP contribution in [0.3, 0.4) is 0 Å². The highest BCUT2D eigenvalue weighted by atomic mass is 32.2. The maximum absolute atomic E-state index is 2.41. The van der Waals surface area contributed by atoms with Gasteiger partial charge in [-0.25, -0.2) is 0 Å². The molecule has 0 aliphatic carbocycles. The summed E-state index contributed by atoms with van der Waals surface area (Å²) >= 11 is 5.74. The largest absolute Gasteiger partial charge is 0.129 e. The molecule has 2 aromatic rings. The highest BCUT2D eigenvalue weighted by Gasteiger charge is 2.21. The van der Waals surface area contributed by atoms with Gasteiger partial charge >= 0.3 is 0 Å². The second-order valence-electron chi connectivity index (χ2n) is 6.71. The molecule has 0 radical (unpaired) electrons. The SMILES string of the molecule is CSc1cc2c(cc1C(C)C)Sc1cc(C)c(C(C)C)cc1S2. The Morgan fingerprint density at radius 3 is 1.74 bits per heavy atom. The molecule has 1 aliphatic rings. The van der Waals surface area contributed by atoms with Gasteiger partial charge in [0.15, 0.2) is 0 Å². The van der Waals surface area contributed by atoms with E-state index in [1.807, 2.05) is 35.3 Å². The van der Waals surface area contributed by atoms with Crippen LogP contribution < -0.4 is 0 Å². The number of aryl methyl sites for hydroxylation is 1. The third-order valence-corrected chi connectivity index (χ3v) is 7.59. The zero-order valence-electron chi connectivity index (χ0n) is 14.7. The lowest BCUT2D eigenvalue weighted by atomic mass is 9.98. The van der Waals surface area contributed by atoms with Crippen molar-refractivity contribution in [3.63, 3.8) is 0 Å². The summed E-state index contributed by atoms with van der Waals surface area (Å²) < 4.78 is 0. The van der Waals surface area contributed by atoms with Gasteiger partial charge in [-0.15, -0.1) is 11.8 Å². The van der Waals surface area contributed by atoms with Crippen LogP contribution in [-0.2, 0) is 0 Å². The van der Waals surface area contributed by atoms with E-state index in [0.717, 1.165) is 0 Å². The first-order valence-electron chi connectivity index (χ1n) is 8.13. The number of fused-ring (bicyclic) bond motifs is 2. The molecule has 122 valence electrons. The van der Waals surface area contributed by atoms with Crippen molar-refractivity contribution in [3.8, 4) is 0 Å². The molecular weight excluding hydrogens is 336 g/mol. The molecule has 3 heteroatoms. The van der Waals surface area contributed by atoms with Gasteiger partial charge in [-0.1, -0.05) is 51.2 Å². The number of hydrogen-bond acceptors (Lipinski definition) is 3. The maximum Gasteiger partial charge on any atom is 0.0273 e. The fourth-order valence-electron chi connectivity index (χ4n) is 3.04. The Hall–Kier alpha value is -0.510. The molecule has 0 unspecified atom stereocenters. The lowest BCUT2D eigenvalue weighted by Gasteiger charge is -2.24. The van der Waals surface area contributed by atoms with Gasteiger partial charge in [0.25, 0.3) is 0 Å². The van der Waals surface area contributed by atoms with Crippen molar-refractivity contribution in [2.45, 2.75) is 70.9 Å². The van der Waals surface area contributed by atoms with E-state index in [-0.39, 0.29) is 0 Å². The molecule has 0 spiro atoms. The van der Waals surface area contributed by atoms with Crippen molar-refractivity contribution < 1.29 is 0 Å². The highest BCUT2D eigenvalue weighted by Crippen LogP contribution is 2.51. The Balaban J connectivity index is 2.07. The summed E-state index contributed by atoms with van der Waals surface area (Å²) in [4.78, 5) is 7.08. The number of hydrogen-bond donors (Lipinski definition) is 0. The molecule has 0 aromatic heterocycles. The van der Waals surface area contributed by atoms with E-state index in [1.165, 1.54) is 41.2 Å². The second-order valence-corrected chi connectivity index (χ2v) is 9.73. The molecule has 0 atom stereocenters. The topological polar surface area (TPSA) is 0 Å². The van der Waals surface area contributed by atoms with Crippen LogP contribution in [0.5, 0.6) is 0 Å². The van der Waals surface area contributed by atoms with Crippen molar-refractivity contribution in [1.82, 2.24) is 0 Å². The summed E-state index contributed by atoms with van der Waals surface area (Å²) in [5.41, 5.74) is 4.37. The van der Waals surface area contributed by atoms with Crippen molar-refractivity contribution in [2.75, 3.05) is 6.26 Å². The Morgan fingerprint density at radius 1 is 0.739 bits per heavy atom. The average Bonchev–Trinajstić information content (AvgIpc) is 2.50. The first-order chi connectivity index (χ1) is 10.9. The van der Waals surface area contributed by atoms with E-state index in [9.17, 15) is 0 Å². The van der Waals surface area contributed by atoms with Crippen molar-refractivity contribution in [1.29, 1.82) is 0 Å². The quantitative estimate of drug-likeness (QED) is 0.442. The van der Waals surface area contributed by atoms with E-state index in [2.05, 4.69) is 65.1 Å². The molecule has 2 aromatic carbocycles. The number of rotatable bonds is 3. The minimum atomic E-state index is 0.569. The van der Waals surface area contributed by atoms with Gasteiger partial charge in [0.2, 0.25) is 0 Å². The molecule has 0 saturated carbocycles. The average molecular weight is 361 g/mol. The van der Waals surface area contributed by atoms with Crippen LogP contribution in [-0.4, -0.2) is 6.26 Å². The van der Waals surface area contributed by atoms with Gasteiger partial charge < -0.3 is 0 Å². The zero-order chi connectivity index (χ0) is 16.7. The van der Waals surface area contributed by atoms with Gasteiger partial charge in [0.05, 0.1) is 0 Å². The zero-order valence-corrected chi connectivity index (χ0v) is 17.1. The molecule has 0 saturated heterocycles. The van der Waals surface area contributed by atoms with E-state index < -0.39 is 0 Å². The fraction of sp³-hybridized carbons (Fsp3) is 0.400. The Kier molecular flexibility index (Phi) is 5.10. The monoisotopic (exact) mass is 360 g/mol. The van der Waals surface area contributed by atoms with Gasteiger partial charge in [-0.3, -0.25) is 0 Å². The molecule has 3 rings (SSSR count). The molecule has 0 N–H and O–H groups in total. The van der Waals surface area contributed by atoms with Crippen LogP contribution in [0.4, 0.5) is 0 Å². The summed E-state index contributed by atoms with van der Waals surface area (Å²) in [6, 6.07) is 9.59. The minimum absolute atomic E-state index is 0.569. The first-order valence-corrected chi connectivity index (χ1v) is 11.0. The van der Waals surface area contributed by atoms with Crippen LogP contribution in [0.15, 0.2) is 48.7 Å². The normalized spacial score (nSPS) is 13.4. The fourth-order valence-corrected chi connectivity index (χ4v) is 6.28. The third-order valence-electron chi connectivity index (χ3n) is 4.31. The molecule has 0 fully saturated rings. The van der Waals surface area contributed by atoms with Gasteiger partial charge in [-0.2, -0.15) is 0 Å². The van der Waals surface area contributed by atoms with Crippen molar-refractivity contribution in [2.24, 2.45) is 0 Å². The molecule has 0 amide bonds. The van der Waals surface area contributed by atoms with E-state index in [1.54, 1.807) is 0 Å². The maximum atomic E-state index is 2.41. The predicted octanol–water partition coefficient (Wildman–Crippen LogP) is 7.58. The van der Waals surface area contributed by atoms with Crippen LogP contribution in [0.2, 0.25) is 0 Å². The number of thioether (sulfide) groups is 1. The van der Waals surface area contributed by atoms with Crippen LogP contribution in [0.25, 0.3) is 0 Å². The highest BCUT2D eigenvalue weighted by molar-refractivity contribution is 8.05. The standard InChI is InChI=1S/C20H24S3/c1-11(2)14-8-18-17(7-13(14)5)22-19-9-15(12(3)4)16(21-6)10-20(19)23-18/h7-12H,1-6H3.